The Bertz CT molecular complexity index is 920. The minimum atomic E-state index is -0.109. The summed E-state index contributed by atoms with van der Waals surface area (Å²) in [7, 11) is 0. The molecular formula is C22H25N5O. The summed E-state index contributed by atoms with van der Waals surface area (Å²) in [6.07, 6.45) is 10.3. The molecule has 1 N–H and O–H groups in total. The Balaban J connectivity index is 1.34. The Labute approximate surface area is 165 Å². The van der Waals surface area contributed by atoms with Gasteiger partial charge in [-0.15, -0.1) is 5.10 Å². The number of carbonyl (C=O) groups is 1. The van der Waals surface area contributed by atoms with Gasteiger partial charge in [-0.1, -0.05) is 37.1 Å². The van der Waals surface area contributed by atoms with Crippen LogP contribution in [-0.4, -0.2) is 25.9 Å². The zero-order chi connectivity index (χ0) is 19.3. The van der Waals surface area contributed by atoms with Crippen molar-refractivity contribution in [3.63, 3.8) is 0 Å². The van der Waals surface area contributed by atoms with E-state index in [9.17, 15) is 4.79 Å². The summed E-state index contributed by atoms with van der Waals surface area (Å²) in [4.78, 5) is 16.5. The second kappa shape index (κ2) is 8.33. The van der Waals surface area contributed by atoms with Gasteiger partial charge >= 0.3 is 0 Å². The lowest BCUT2D eigenvalue weighted by atomic mass is 9.87. The third-order valence-electron chi connectivity index (χ3n) is 5.43. The molecule has 2 unspecified atom stereocenters. The van der Waals surface area contributed by atoms with E-state index in [4.69, 9.17) is 0 Å². The van der Waals surface area contributed by atoms with E-state index in [1.54, 1.807) is 12.4 Å². The van der Waals surface area contributed by atoms with Crippen LogP contribution < -0.4 is 5.32 Å². The van der Waals surface area contributed by atoms with E-state index in [1.165, 1.54) is 12.8 Å². The molecule has 0 saturated heterocycles. The van der Waals surface area contributed by atoms with Crippen LogP contribution in [0.3, 0.4) is 0 Å². The lowest BCUT2D eigenvalue weighted by molar-refractivity contribution is 0.0950. The summed E-state index contributed by atoms with van der Waals surface area (Å²) in [5.74, 6) is 0.628. The van der Waals surface area contributed by atoms with Crippen molar-refractivity contribution in [2.75, 3.05) is 0 Å². The van der Waals surface area contributed by atoms with Gasteiger partial charge in [-0.25, -0.2) is 4.68 Å². The summed E-state index contributed by atoms with van der Waals surface area (Å²) < 4.78 is 1.97. The average Bonchev–Trinajstić information content (AvgIpc) is 3.22. The lowest BCUT2D eigenvalue weighted by Gasteiger charge is -2.26. The number of rotatable bonds is 5. The molecule has 0 aliphatic heterocycles. The SMILES string of the molecule is CC1CCCC(n2cc(CNC(=O)c3ccc(-c4ccncc4)cc3)nn2)C1. The molecule has 6 nitrogen and oxygen atoms in total. The summed E-state index contributed by atoms with van der Waals surface area (Å²) in [5.41, 5.74) is 3.56. The Morgan fingerprint density at radius 2 is 1.86 bits per heavy atom. The van der Waals surface area contributed by atoms with Crippen molar-refractivity contribution in [1.29, 1.82) is 0 Å². The molecular weight excluding hydrogens is 350 g/mol. The predicted molar refractivity (Wildman–Crippen MR) is 108 cm³/mol. The van der Waals surface area contributed by atoms with Gasteiger partial charge in [0.1, 0.15) is 5.69 Å². The normalized spacial score (nSPS) is 19.3. The summed E-state index contributed by atoms with van der Waals surface area (Å²) in [6, 6.07) is 11.9. The summed E-state index contributed by atoms with van der Waals surface area (Å²) >= 11 is 0. The molecule has 1 fully saturated rings. The highest BCUT2D eigenvalue weighted by atomic mass is 16.1. The number of hydrogen-bond donors (Lipinski definition) is 1. The molecule has 2 atom stereocenters. The Kier molecular flexibility index (Phi) is 5.46. The molecule has 1 aliphatic carbocycles. The average molecular weight is 375 g/mol. The zero-order valence-corrected chi connectivity index (χ0v) is 16.1. The maximum Gasteiger partial charge on any atom is 0.251 e. The Hall–Kier alpha value is -3.02. The molecule has 4 rings (SSSR count). The van der Waals surface area contributed by atoms with Crippen LogP contribution in [0.5, 0.6) is 0 Å². The van der Waals surface area contributed by atoms with Crippen molar-refractivity contribution in [2.45, 2.75) is 45.2 Å². The number of benzene rings is 1. The number of pyridine rings is 1. The minimum Gasteiger partial charge on any atom is -0.346 e. The second-order valence-corrected chi connectivity index (χ2v) is 7.61. The minimum absolute atomic E-state index is 0.109. The maximum atomic E-state index is 12.4. The number of aromatic nitrogens is 4. The molecule has 1 saturated carbocycles. The molecule has 2 aromatic heterocycles. The van der Waals surface area contributed by atoms with Crippen LogP contribution in [0.25, 0.3) is 11.1 Å². The van der Waals surface area contributed by atoms with Crippen LogP contribution in [0.4, 0.5) is 0 Å². The molecule has 0 bridgehead atoms. The van der Waals surface area contributed by atoms with Gasteiger partial charge in [-0.2, -0.15) is 0 Å². The Morgan fingerprint density at radius 1 is 1.11 bits per heavy atom. The fourth-order valence-electron chi connectivity index (χ4n) is 3.85. The third-order valence-corrected chi connectivity index (χ3v) is 5.43. The highest BCUT2D eigenvalue weighted by Crippen LogP contribution is 2.31. The molecule has 0 radical (unpaired) electrons. The molecule has 3 aromatic rings. The first-order valence-electron chi connectivity index (χ1n) is 9.88. The van der Waals surface area contributed by atoms with E-state index in [0.717, 1.165) is 35.6 Å². The van der Waals surface area contributed by atoms with E-state index >= 15 is 0 Å². The topological polar surface area (TPSA) is 72.7 Å². The molecule has 1 aliphatic rings. The van der Waals surface area contributed by atoms with Gasteiger partial charge in [0.05, 0.1) is 18.8 Å². The third kappa shape index (κ3) is 4.27. The van der Waals surface area contributed by atoms with E-state index in [0.29, 0.717) is 18.2 Å². The number of hydrogen-bond acceptors (Lipinski definition) is 4. The Morgan fingerprint density at radius 3 is 2.61 bits per heavy atom. The molecule has 1 aromatic carbocycles. The molecule has 2 heterocycles. The van der Waals surface area contributed by atoms with Gasteiger partial charge in [-0.05, 0) is 54.2 Å². The van der Waals surface area contributed by atoms with Crippen LogP contribution in [0.1, 0.15) is 54.7 Å². The first-order chi connectivity index (χ1) is 13.7. The van der Waals surface area contributed by atoms with E-state index < -0.39 is 0 Å². The highest BCUT2D eigenvalue weighted by Gasteiger charge is 2.21. The smallest absolute Gasteiger partial charge is 0.251 e. The van der Waals surface area contributed by atoms with Gasteiger partial charge in [0.2, 0.25) is 0 Å². The first-order valence-corrected chi connectivity index (χ1v) is 9.88. The van der Waals surface area contributed by atoms with Gasteiger partial charge in [0, 0.05) is 18.0 Å². The predicted octanol–water partition coefficient (Wildman–Crippen LogP) is 4.02. The maximum absolute atomic E-state index is 12.4. The molecule has 0 spiro atoms. The number of carbonyl (C=O) groups excluding carboxylic acids is 1. The highest BCUT2D eigenvalue weighted by molar-refractivity contribution is 5.94. The monoisotopic (exact) mass is 375 g/mol. The molecule has 1 amide bonds. The number of nitrogens with one attached hydrogen (secondary N) is 1. The van der Waals surface area contributed by atoms with Crippen LogP contribution in [0.2, 0.25) is 0 Å². The van der Waals surface area contributed by atoms with Crippen molar-refractivity contribution >= 4 is 5.91 Å². The van der Waals surface area contributed by atoms with Gasteiger partial charge < -0.3 is 5.32 Å². The fourth-order valence-corrected chi connectivity index (χ4v) is 3.85. The van der Waals surface area contributed by atoms with Crippen molar-refractivity contribution < 1.29 is 4.79 Å². The van der Waals surface area contributed by atoms with Crippen molar-refractivity contribution in [3.8, 4) is 11.1 Å². The van der Waals surface area contributed by atoms with Crippen molar-refractivity contribution in [2.24, 2.45) is 5.92 Å². The van der Waals surface area contributed by atoms with Gasteiger partial charge in [-0.3, -0.25) is 9.78 Å². The standard InChI is InChI=1S/C22H25N5O/c1-16-3-2-4-21(13-16)27-15-20(25-26-27)14-24-22(28)19-7-5-17(6-8-19)18-9-11-23-12-10-18/h5-12,15-16,21H,2-4,13-14H2,1H3,(H,24,28). The molecule has 28 heavy (non-hydrogen) atoms. The summed E-state index contributed by atoms with van der Waals surface area (Å²) in [5, 5.41) is 11.4. The summed E-state index contributed by atoms with van der Waals surface area (Å²) in [6.45, 7) is 2.68. The van der Waals surface area contributed by atoms with Crippen molar-refractivity contribution in [3.05, 3.63) is 66.2 Å². The zero-order valence-electron chi connectivity index (χ0n) is 16.1. The lowest BCUT2D eigenvalue weighted by Crippen LogP contribution is -2.23. The fraction of sp³-hybridized carbons (Fsp3) is 0.364. The van der Waals surface area contributed by atoms with Crippen LogP contribution in [0.15, 0.2) is 55.0 Å². The van der Waals surface area contributed by atoms with Gasteiger partial charge in [0.25, 0.3) is 5.91 Å². The second-order valence-electron chi connectivity index (χ2n) is 7.61. The number of amides is 1. The van der Waals surface area contributed by atoms with Crippen LogP contribution in [0, 0.1) is 5.92 Å². The van der Waals surface area contributed by atoms with E-state index in [1.807, 2.05) is 47.3 Å². The molecule has 6 heteroatoms. The van der Waals surface area contributed by atoms with E-state index in [-0.39, 0.29) is 5.91 Å². The largest absolute Gasteiger partial charge is 0.346 e. The van der Waals surface area contributed by atoms with Crippen molar-refractivity contribution in [1.82, 2.24) is 25.3 Å². The van der Waals surface area contributed by atoms with Crippen LogP contribution >= 0.6 is 0 Å². The number of nitrogens with zero attached hydrogens (tertiary/aromatic N) is 4. The van der Waals surface area contributed by atoms with Gasteiger partial charge in [0.15, 0.2) is 0 Å². The van der Waals surface area contributed by atoms with Crippen LogP contribution in [-0.2, 0) is 6.54 Å². The van der Waals surface area contributed by atoms with E-state index in [2.05, 4.69) is 27.5 Å². The molecule has 144 valence electrons. The quantitative estimate of drug-likeness (QED) is 0.731. The first kappa shape index (κ1) is 18.3.